The number of allylic oxidation sites excluding steroid dienone is 4. The van der Waals surface area contributed by atoms with Crippen LogP contribution in [0.15, 0.2) is 45.0 Å². The summed E-state index contributed by atoms with van der Waals surface area (Å²) in [6, 6.07) is 0. The SMILES string of the molecule is COC1=C(OC)C(=O)C(SCCCSC2=CC(=O)C(OC)=C(OC)C2=O)=CC1=O. The van der Waals surface area contributed by atoms with E-state index in [1.807, 2.05) is 0 Å². The Morgan fingerprint density at radius 2 is 0.966 bits per heavy atom. The molecule has 8 nitrogen and oxygen atoms in total. The molecule has 0 unspecified atom stereocenters. The van der Waals surface area contributed by atoms with Crippen LogP contribution < -0.4 is 0 Å². The first kappa shape index (κ1) is 22.8. The fourth-order valence-corrected chi connectivity index (χ4v) is 4.58. The second-order valence-corrected chi connectivity index (χ2v) is 7.86. The number of Topliss-reactive ketones (excluding diaryl/α,β-unsaturated/α-hetero) is 2. The summed E-state index contributed by atoms with van der Waals surface area (Å²) in [6.07, 6.45) is 3.09. The Morgan fingerprint density at radius 3 is 1.28 bits per heavy atom. The van der Waals surface area contributed by atoms with Gasteiger partial charge in [0.15, 0.2) is 0 Å². The Kier molecular flexibility index (Phi) is 8.15. The first-order valence-corrected chi connectivity index (χ1v) is 10.4. The van der Waals surface area contributed by atoms with Gasteiger partial charge in [0.25, 0.3) is 0 Å². The molecule has 0 N–H and O–H groups in total. The van der Waals surface area contributed by atoms with Crippen molar-refractivity contribution < 1.29 is 38.1 Å². The normalized spacial score (nSPS) is 17.4. The third-order valence-corrected chi connectivity index (χ3v) is 6.08. The molecule has 0 saturated heterocycles. The Labute approximate surface area is 176 Å². The molecule has 0 aromatic heterocycles. The number of carbonyl (C=O) groups excluding carboxylic acids is 4. The number of thioether (sulfide) groups is 2. The van der Waals surface area contributed by atoms with E-state index in [2.05, 4.69) is 0 Å². The van der Waals surface area contributed by atoms with Crippen LogP contribution in [0.25, 0.3) is 0 Å². The summed E-state index contributed by atoms with van der Waals surface area (Å²) in [5.74, 6) is -1.04. The molecule has 0 aliphatic heterocycles. The van der Waals surface area contributed by atoms with Crippen molar-refractivity contribution in [3.8, 4) is 0 Å². The first-order chi connectivity index (χ1) is 13.9. The van der Waals surface area contributed by atoms with Gasteiger partial charge in [0.1, 0.15) is 0 Å². The van der Waals surface area contributed by atoms with Crippen LogP contribution in [0.5, 0.6) is 0 Å². The van der Waals surface area contributed by atoms with E-state index in [1.54, 1.807) is 0 Å². The van der Waals surface area contributed by atoms with Crippen molar-refractivity contribution in [2.24, 2.45) is 0 Å². The number of rotatable bonds is 10. The minimum absolute atomic E-state index is 0.109. The predicted molar refractivity (Wildman–Crippen MR) is 108 cm³/mol. The molecule has 0 bridgehead atoms. The van der Waals surface area contributed by atoms with Gasteiger partial charge < -0.3 is 18.9 Å². The van der Waals surface area contributed by atoms with Crippen molar-refractivity contribution in [1.29, 1.82) is 0 Å². The van der Waals surface area contributed by atoms with Crippen molar-refractivity contribution >= 4 is 46.7 Å². The Balaban J connectivity index is 1.88. The van der Waals surface area contributed by atoms with Crippen molar-refractivity contribution in [1.82, 2.24) is 0 Å². The van der Waals surface area contributed by atoms with Crippen LogP contribution in [-0.4, -0.2) is 63.1 Å². The van der Waals surface area contributed by atoms with Gasteiger partial charge in [-0.15, -0.1) is 23.5 Å². The van der Waals surface area contributed by atoms with E-state index in [0.29, 0.717) is 17.9 Å². The van der Waals surface area contributed by atoms with Crippen molar-refractivity contribution in [2.45, 2.75) is 6.42 Å². The molecule has 29 heavy (non-hydrogen) atoms. The van der Waals surface area contributed by atoms with Crippen LogP contribution >= 0.6 is 23.5 Å². The van der Waals surface area contributed by atoms with Crippen LogP contribution in [0.3, 0.4) is 0 Å². The molecule has 0 radical (unpaired) electrons. The zero-order valence-electron chi connectivity index (χ0n) is 16.4. The van der Waals surface area contributed by atoms with Crippen LogP contribution in [0, 0.1) is 0 Å². The number of carbonyl (C=O) groups is 4. The lowest BCUT2D eigenvalue weighted by atomic mass is 10.1. The van der Waals surface area contributed by atoms with Gasteiger partial charge in [-0.1, -0.05) is 0 Å². The molecule has 0 aromatic carbocycles. The maximum atomic E-state index is 12.4. The van der Waals surface area contributed by atoms with E-state index >= 15 is 0 Å². The van der Waals surface area contributed by atoms with Gasteiger partial charge in [0.2, 0.25) is 46.2 Å². The highest BCUT2D eigenvalue weighted by atomic mass is 32.2. The lowest BCUT2D eigenvalue weighted by molar-refractivity contribution is -0.119. The summed E-state index contributed by atoms with van der Waals surface area (Å²) in [4.78, 5) is 49.3. The molecule has 0 aromatic rings. The Bertz CT molecular complexity index is 793. The summed E-state index contributed by atoms with van der Waals surface area (Å²) < 4.78 is 19.8. The molecular formula is C19H20O8S2. The highest BCUT2D eigenvalue weighted by Gasteiger charge is 2.32. The van der Waals surface area contributed by atoms with Gasteiger partial charge in [-0.3, -0.25) is 19.2 Å². The second kappa shape index (κ2) is 10.4. The predicted octanol–water partition coefficient (Wildman–Crippen LogP) is 1.92. The van der Waals surface area contributed by atoms with Crippen molar-refractivity contribution in [2.75, 3.05) is 39.9 Å². The molecule has 2 rings (SSSR count). The number of hydrogen-bond acceptors (Lipinski definition) is 10. The quantitative estimate of drug-likeness (QED) is 0.369. The number of methoxy groups -OCH3 is 4. The van der Waals surface area contributed by atoms with E-state index in [9.17, 15) is 19.2 Å². The molecule has 0 saturated carbocycles. The van der Waals surface area contributed by atoms with Gasteiger partial charge in [0, 0.05) is 12.2 Å². The summed E-state index contributed by atoms with van der Waals surface area (Å²) >= 11 is 2.44. The van der Waals surface area contributed by atoms with E-state index in [-0.39, 0.29) is 32.8 Å². The minimum atomic E-state index is -0.426. The molecule has 0 atom stereocenters. The average Bonchev–Trinajstić information content (AvgIpc) is 2.71. The third-order valence-electron chi connectivity index (χ3n) is 3.86. The standard InChI is InChI=1S/C19H20O8S2/c1-24-16-10(20)8-12(14(22)18(16)26-3)28-6-5-7-29-13-9-11(21)17(25-2)19(27-4)15(13)23/h8-9H,5-7H2,1-4H3. The van der Waals surface area contributed by atoms with Crippen LogP contribution in [-0.2, 0) is 38.1 Å². The lowest BCUT2D eigenvalue weighted by Crippen LogP contribution is -2.21. The summed E-state index contributed by atoms with van der Waals surface area (Å²) in [5, 5.41) is 0. The van der Waals surface area contributed by atoms with Crippen LogP contribution in [0.1, 0.15) is 6.42 Å². The van der Waals surface area contributed by atoms with E-state index in [1.165, 1.54) is 64.1 Å². The monoisotopic (exact) mass is 440 g/mol. The molecule has 0 fully saturated rings. The largest absolute Gasteiger partial charge is 0.490 e. The van der Waals surface area contributed by atoms with Gasteiger partial charge in [-0.05, 0) is 17.9 Å². The zero-order chi connectivity index (χ0) is 21.6. The lowest BCUT2D eigenvalue weighted by Gasteiger charge is -2.17. The molecule has 0 amide bonds. The van der Waals surface area contributed by atoms with Crippen molar-refractivity contribution in [3.05, 3.63) is 45.0 Å². The summed E-state index contributed by atoms with van der Waals surface area (Å²) in [7, 11) is 5.21. The zero-order valence-corrected chi connectivity index (χ0v) is 18.0. The number of ketones is 4. The smallest absolute Gasteiger partial charge is 0.238 e. The van der Waals surface area contributed by atoms with Crippen LogP contribution in [0.2, 0.25) is 0 Å². The highest BCUT2D eigenvalue weighted by Crippen LogP contribution is 2.31. The first-order valence-electron chi connectivity index (χ1n) is 8.41. The highest BCUT2D eigenvalue weighted by molar-refractivity contribution is 8.04. The van der Waals surface area contributed by atoms with Gasteiger partial charge in [0.05, 0.1) is 38.2 Å². The summed E-state index contributed by atoms with van der Waals surface area (Å²) in [6.45, 7) is 0. The fourth-order valence-electron chi connectivity index (χ4n) is 2.55. The number of hydrogen-bond donors (Lipinski definition) is 0. The van der Waals surface area contributed by atoms with Crippen LogP contribution in [0.4, 0.5) is 0 Å². The molecule has 2 aliphatic rings. The van der Waals surface area contributed by atoms with E-state index < -0.39 is 23.1 Å². The number of ether oxygens (including phenoxy) is 4. The third kappa shape index (κ3) is 4.94. The molecule has 0 heterocycles. The minimum Gasteiger partial charge on any atom is -0.490 e. The topological polar surface area (TPSA) is 105 Å². The maximum Gasteiger partial charge on any atom is 0.238 e. The van der Waals surface area contributed by atoms with Crippen molar-refractivity contribution in [3.63, 3.8) is 0 Å². The average molecular weight is 440 g/mol. The summed E-state index contributed by atoms with van der Waals surface area (Å²) in [5.41, 5.74) is 0. The van der Waals surface area contributed by atoms with Gasteiger partial charge >= 0.3 is 0 Å². The molecule has 0 spiro atoms. The maximum absolute atomic E-state index is 12.4. The molecular weight excluding hydrogens is 420 g/mol. The Hall–Kier alpha value is -2.46. The second-order valence-electron chi connectivity index (χ2n) is 5.59. The van der Waals surface area contributed by atoms with Gasteiger partial charge in [-0.2, -0.15) is 0 Å². The fraction of sp³-hybridized carbons (Fsp3) is 0.368. The molecule has 156 valence electrons. The van der Waals surface area contributed by atoms with E-state index in [4.69, 9.17) is 18.9 Å². The van der Waals surface area contributed by atoms with E-state index in [0.717, 1.165) is 0 Å². The molecule has 2 aliphatic carbocycles. The molecule has 10 heteroatoms. The Morgan fingerprint density at radius 1 is 0.621 bits per heavy atom. The van der Waals surface area contributed by atoms with Gasteiger partial charge in [-0.25, -0.2) is 0 Å².